The van der Waals surface area contributed by atoms with Crippen molar-refractivity contribution < 1.29 is 0 Å². The van der Waals surface area contributed by atoms with Crippen LogP contribution >= 0.6 is 22.6 Å². The van der Waals surface area contributed by atoms with E-state index < -0.39 is 0 Å². The monoisotopic (exact) mass is 402 g/mol. The Morgan fingerprint density at radius 2 is 1.73 bits per heavy atom. The first kappa shape index (κ1) is 15.3. The molecule has 3 rings (SSSR count). The van der Waals surface area contributed by atoms with Gasteiger partial charge in [0.2, 0.25) is 0 Å². The molecule has 1 heterocycles. The molecule has 0 bridgehead atoms. The topological polar surface area (TPSA) is 15.6 Å². The van der Waals surface area contributed by atoms with Gasteiger partial charge in [0.1, 0.15) is 0 Å². The Hall–Kier alpha value is -1.62. The van der Waals surface area contributed by atoms with Gasteiger partial charge < -0.3 is 4.90 Å². The second kappa shape index (κ2) is 5.88. The highest BCUT2D eigenvalue weighted by Gasteiger charge is 2.37. The molecule has 2 aromatic rings. The lowest BCUT2D eigenvalue weighted by molar-refractivity contribution is 0.641. The lowest BCUT2D eigenvalue weighted by Crippen LogP contribution is -2.22. The minimum atomic E-state index is 0.00340. The van der Waals surface area contributed by atoms with Crippen molar-refractivity contribution in [1.82, 2.24) is 0 Å². The number of rotatable bonds is 2. The molecule has 0 amide bonds. The molecule has 0 fully saturated rings. The number of anilines is 1. The Morgan fingerprint density at radius 1 is 1.05 bits per heavy atom. The molecule has 0 spiro atoms. The number of hydrogen-bond acceptors (Lipinski definition) is 2. The van der Waals surface area contributed by atoms with E-state index in [1.54, 1.807) is 0 Å². The van der Waals surface area contributed by atoms with Crippen LogP contribution in [0.4, 0.5) is 11.4 Å². The minimum absolute atomic E-state index is 0.00340. The van der Waals surface area contributed by atoms with Gasteiger partial charge in [-0.25, -0.2) is 0 Å². The summed E-state index contributed by atoms with van der Waals surface area (Å²) >= 11 is 2.30. The number of benzene rings is 2. The summed E-state index contributed by atoms with van der Waals surface area (Å²) in [6.07, 6.45) is 4.03. The number of hydrogen-bond donors (Lipinski definition) is 0. The van der Waals surface area contributed by atoms with Crippen molar-refractivity contribution >= 4 is 40.2 Å². The van der Waals surface area contributed by atoms with Gasteiger partial charge in [-0.2, -0.15) is 0 Å². The van der Waals surface area contributed by atoms with Crippen molar-refractivity contribution in [2.75, 3.05) is 11.9 Å². The zero-order chi connectivity index (χ0) is 15.7. The number of allylic oxidation sites excluding steroid dienone is 2. The van der Waals surface area contributed by atoms with E-state index >= 15 is 0 Å². The Morgan fingerprint density at radius 3 is 2.41 bits per heavy atom. The SMILES string of the molecule is CN1C(=CC=Nc2ccc(I)cc2)C(C)(C)c2ccccc21. The van der Waals surface area contributed by atoms with Crippen molar-refractivity contribution in [3.05, 3.63) is 69.4 Å². The van der Waals surface area contributed by atoms with E-state index in [1.165, 1.54) is 20.5 Å². The van der Waals surface area contributed by atoms with Crippen LogP contribution in [-0.2, 0) is 5.41 Å². The first-order chi connectivity index (χ1) is 10.5. The van der Waals surface area contributed by atoms with Crippen LogP contribution in [0.25, 0.3) is 0 Å². The molecule has 22 heavy (non-hydrogen) atoms. The summed E-state index contributed by atoms with van der Waals surface area (Å²) in [6, 6.07) is 16.8. The fourth-order valence-corrected chi connectivity index (χ4v) is 3.38. The normalized spacial score (nSPS) is 18.2. The molecular weight excluding hydrogens is 383 g/mol. The standard InChI is InChI=1S/C19H19IN2/c1-19(2)16-6-4-5-7-17(16)22(3)18(19)12-13-21-15-10-8-14(20)9-11-15/h4-13H,1-3H3. The van der Waals surface area contributed by atoms with Crippen LogP contribution in [0, 0.1) is 3.57 Å². The quantitative estimate of drug-likeness (QED) is 0.492. The molecular formula is C19H19IN2. The maximum Gasteiger partial charge on any atom is 0.0630 e. The molecule has 0 unspecified atom stereocenters. The summed E-state index contributed by atoms with van der Waals surface area (Å²) in [5.74, 6) is 0. The molecule has 1 aliphatic rings. The average Bonchev–Trinajstić information content (AvgIpc) is 2.70. The Bertz CT molecular complexity index is 742. The van der Waals surface area contributed by atoms with Gasteiger partial charge in [0, 0.05) is 33.6 Å². The fraction of sp³-hybridized carbons (Fsp3) is 0.211. The summed E-state index contributed by atoms with van der Waals surface area (Å²) < 4.78 is 1.22. The minimum Gasteiger partial charge on any atom is -0.347 e. The van der Waals surface area contributed by atoms with Gasteiger partial charge in [-0.15, -0.1) is 0 Å². The largest absolute Gasteiger partial charge is 0.347 e. The number of nitrogens with zero attached hydrogens (tertiary/aromatic N) is 2. The molecule has 3 heteroatoms. The number of aliphatic imine (C=N–C) groups is 1. The van der Waals surface area contributed by atoms with E-state index in [2.05, 4.69) is 95.9 Å². The van der Waals surface area contributed by atoms with Crippen molar-refractivity contribution in [3.63, 3.8) is 0 Å². The molecule has 0 saturated carbocycles. The Kier molecular flexibility index (Phi) is 4.08. The zero-order valence-corrected chi connectivity index (χ0v) is 15.2. The van der Waals surface area contributed by atoms with Gasteiger partial charge in [0.25, 0.3) is 0 Å². The maximum absolute atomic E-state index is 4.54. The van der Waals surface area contributed by atoms with E-state index in [9.17, 15) is 0 Å². The molecule has 0 saturated heterocycles. The highest BCUT2D eigenvalue weighted by Crippen LogP contribution is 2.46. The van der Waals surface area contributed by atoms with Crippen LogP contribution in [0.15, 0.2) is 65.3 Å². The van der Waals surface area contributed by atoms with Gasteiger partial charge >= 0.3 is 0 Å². The summed E-state index contributed by atoms with van der Waals surface area (Å²) in [6.45, 7) is 4.53. The third-order valence-corrected chi connectivity index (χ3v) is 4.94. The van der Waals surface area contributed by atoms with E-state index in [4.69, 9.17) is 0 Å². The van der Waals surface area contributed by atoms with E-state index in [0.717, 1.165) is 5.69 Å². The number of halogens is 1. The lowest BCUT2D eigenvalue weighted by atomic mass is 9.84. The number of likely N-dealkylation sites (N-methyl/N-ethyl adjacent to an activating group) is 1. The molecule has 0 aliphatic carbocycles. The van der Waals surface area contributed by atoms with Crippen molar-refractivity contribution in [3.8, 4) is 0 Å². The van der Waals surface area contributed by atoms with E-state index in [1.807, 2.05) is 18.3 Å². The van der Waals surface area contributed by atoms with Crippen LogP contribution in [0.2, 0.25) is 0 Å². The van der Waals surface area contributed by atoms with Gasteiger partial charge in [0.15, 0.2) is 0 Å². The number of para-hydroxylation sites is 1. The summed E-state index contributed by atoms with van der Waals surface area (Å²) in [7, 11) is 2.12. The van der Waals surface area contributed by atoms with Gasteiger partial charge in [0.05, 0.1) is 5.69 Å². The summed E-state index contributed by atoms with van der Waals surface area (Å²) in [5.41, 5.74) is 4.90. The second-order valence-electron chi connectivity index (χ2n) is 6.01. The van der Waals surface area contributed by atoms with Crippen LogP contribution < -0.4 is 4.90 Å². The van der Waals surface area contributed by atoms with Crippen LogP contribution in [0.1, 0.15) is 19.4 Å². The molecule has 2 nitrogen and oxygen atoms in total. The fourth-order valence-electron chi connectivity index (χ4n) is 3.02. The molecule has 0 aromatic heterocycles. The zero-order valence-electron chi connectivity index (χ0n) is 13.0. The third-order valence-electron chi connectivity index (χ3n) is 4.22. The maximum atomic E-state index is 4.54. The molecule has 2 aromatic carbocycles. The summed E-state index contributed by atoms with van der Waals surface area (Å²) in [5, 5.41) is 0. The van der Waals surface area contributed by atoms with Gasteiger partial charge in [-0.3, -0.25) is 4.99 Å². The van der Waals surface area contributed by atoms with Gasteiger partial charge in [-0.1, -0.05) is 32.0 Å². The molecule has 112 valence electrons. The third kappa shape index (κ3) is 2.70. The lowest BCUT2D eigenvalue weighted by Gasteiger charge is -2.23. The van der Waals surface area contributed by atoms with Gasteiger partial charge in [-0.05, 0) is 64.6 Å². The Labute approximate surface area is 145 Å². The van der Waals surface area contributed by atoms with Crippen LogP contribution in [-0.4, -0.2) is 13.3 Å². The van der Waals surface area contributed by atoms with Crippen LogP contribution in [0.5, 0.6) is 0 Å². The first-order valence-corrected chi connectivity index (χ1v) is 8.41. The van der Waals surface area contributed by atoms with Crippen LogP contribution in [0.3, 0.4) is 0 Å². The Balaban J connectivity index is 1.90. The highest BCUT2D eigenvalue weighted by molar-refractivity contribution is 14.1. The number of fused-ring (bicyclic) bond motifs is 1. The molecule has 0 N–H and O–H groups in total. The molecule has 0 radical (unpaired) electrons. The molecule has 1 aliphatic heterocycles. The van der Waals surface area contributed by atoms with Crippen molar-refractivity contribution in [2.45, 2.75) is 19.3 Å². The van der Waals surface area contributed by atoms with Crippen molar-refractivity contribution in [1.29, 1.82) is 0 Å². The highest BCUT2D eigenvalue weighted by atomic mass is 127. The second-order valence-corrected chi connectivity index (χ2v) is 7.25. The van der Waals surface area contributed by atoms with E-state index in [0.29, 0.717) is 0 Å². The predicted molar refractivity (Wildman–Crippen MR) is 103 cm³/mol. The smallest absolute Gasteiger partial charge is 0.0630 e. The van der Waals surface area contributed by atoms with E-state index in [-0.39, 0.29) is 5.41 Å². The molecule has 0 atom stereocenters. The van der Waals surface area contributed by atoms with Crippen molar-refractivity contribution in [2.24, 2.45) is 4.99 Å². The predicted octanol–water partition coefficient (Wildman–Crippen LogP) is 5.31. The summed E-state index contributed by atoms with van der Waals surface area (Å²) in [4.78, 5) is 6.80. The first-order valence-electron chi connectivity index (χ1n) is 7.34. The average molecular weight is 402 g/mol.